The Morgan fingerprint density at radius 3 is 2.50 bits per heavy atom. The average molecular weight is 172 g/mol. The van der Waals surface area contributed by atoms with E-state index in [1.807, 2.05) is 6.92 Å². The third-order valence-electron chi connectivity index (χ3n) is 1.76. The standard InChI is InChI=1S/C10H20O2/c1-4-6-8-10(11)12-9(3)7-5-2/h9H,4-8H2,1-3H3. The first-order valence-corrected chi connectivity index (χ1v) is 4.90. The van der Waals surface area contributed by atoms with E-state index in [0.717, 1.165) is 25.7 Å². The SMILES string of the molecule is CCCCC(=O)OC(C)CCC. The Morgan fingerprint density at radius 2 is 2.00 bits per heavy atom. The molecule has 0 aliphatic carbocycles. The molecule has 72 valence electrons. The topological polar surface area (TPSA) is 26.3 Å². The van der Waals surface area contributed by atoms with Crippen LogP contribution >= 0.6 is 0 Å². The van der Waals surface area contributed by atoms with Crippen LogP contribution in [0.25, 0.3) is 0 Å². The Kier molecular flexibility index (Phi) is 6.82. The molecule has 2 nitrogen and oxygen atoms in total. The molecule has 0 N–H and O–H groups in total. The number of carbonyl (C=O) groups excluding carboxylic acids is 1. The first kappa shape index (κ1) is 11.5. The van der Waals surface area contributed by atoms with Crippen molar-refractivity contribution in [1.82, 2.24) is 0 Å². The van der Waals surface area contributed by atoms with Crippen LogP contribution in [0.4, 0.5) is 0 Å². The largest absolute Gasteiger partial charge is 0.463 e. The molecule has 1 unspecified atom stereocenters. The van der Waals surface area contributed by atoms with E-state index < -0.39 is 0 Å². The second kappa shape index (κ2) is 7.14. The summed E-state index contributed by atoms with van der Waals surface area (Å²) in [6.45, 7) is 6.12. The van der Waals surface area contributed by atoms with Gasteiger partial charge in [0.05, 0.1) is 6.10 Å². The van der Waals surface area contributed by atoms with Gasteiger partial charge in [0.1, 0.15) is 0 Å². The lowest BCUT2D eigenvalue weighted by Crippen LogP contribution is -2.14. The summed E-state index contributed by atoms with van der Waals surface area (Å²) < 4.78 is 5.15. The number of unbranched alkanes of at least 4 members (excludes halogenated alkanes) is 1. The maximum Gasteiger partial charge on any atom is 0.306 e. The van der Waals surface area contributed by atoms with E-state index >= 15 is 0 Å². The van der Waals surface area contributed by atoms with Gasteiger partial charge in [-0.25, -0.2) is 0 Å². The molecular formula is C10H20O2. The van der Waals surface area contributed by atoms with Crippen molar-refractivity contribution >= 4 is 5.97 Å². The van der Waals surface area contributed by atoms with Crippen LogP contribution in [-0.4, -0.2) is 12.1 Å². The molecule has 0 radical (unpaired) electrons. The van der Waals surface area contributed by atoms with Crippen LogP contribution in [0, 0.1) is 0 Å². The Hall–Kier alpha value is -0.530. The molecule has 1 atom stereocenters. The lowest BCUT2D eigenvalue weighted by atomic mass is 10.2. The molecule has 12 heavy (non-hydrogen) atoms. The summed E-state index contributed by atoms with van der Waals surface area (Å²) in [4.78, 5) is 11.1. The van der Waals surface area contributed by atoms with E-state index in [0.29, 0.717) is 6.42 Å². The van der Waals surface area contributed by atoms with Crippen LogP contribution in [0.1, 0.15) is 52.9 Å². The van der Waals surface area contributed by atoms with E-state index in [4.69, 9.17) is 4.74 Å². The van der Waals surface area contributed by atoms with Gasteiger partial charge >= 0.3 is 5.97 Å². The minimum atomic E-state index is -0.0437. The fourth-order valence-corrected chi connectivity index (χ4v) is 1.07. The van der Waals surface area contributed by atoms with Gasteiger partial charge in [-0.05, 0) is 19.8 Å². The van der Waals surface area contributed by atoms with Gasteiger partial charge < -0.3 is 4.74 Å². The molecule has 0 spiro atoms. The molecule has 0 fully saturated rings. The van der Waals surface area contributed by atoms with Gasteiger partial charge in [0.25, 0.3) is 0 Å². The summed E-state index contributed by atoms with van der Waals surface area (Å²) in [6.07, 6.45) is 4.71. The smallest absolute Gasteiger partial charge is 0.306 e. The third-order valence-corrected chi connectivity index (χ3v) is 1.76. The molecular weight excluding hydrogens is 152 g/mol. The van der Waals surface area contributed by atoms with Crippen LogP contribution in [0.5, 0.6) is 0 Å². The van der Waals surface area contributed by atoms with Gasteiger partial charge in [0.15, 0.2) is 0 Å². The van der Waals surface area contributed by atoms with Crippen LogP contribution in [-0.2, 0) is 9.53 Å². The van der Waals surface area contributed by atoms with Crippen LogP contribution in [0.2, 0.25) is 0 Å². The third kappa shape index (κ3) is 6.20. The molecule has 0 aromatic carbocycles. The molecule has 0 saturated carbocycles. The lowest BCUT2D eigenvalue weighted by molar-refractivity contribution is -0.148. The normalized spacial score (nSPS) is 12.6. The summed E-state index contributed by atoms with van der Waals surface area (Å²) in [5.41, 5.74) is 0. The minimum absolute atomic E-state index is 0.0437. The van der Waals surface area contributed by atoms with Crippen molar-refractivity contribution < 1.29 is 9.53 Å². The summed E-state index contributed by atoms with van der Waals surface area (Å²) in [7, 11) is 0. The highest BCUT2D eigenvalue weighted by Crippen LogP contribution is 2.04. The molecule has 0 heterocycles. The summed E-state index contributed by atoms with van der Waals surface area (Å²) in [5.74, 6) is -0.0437. The molecule has 2 heteroatoms. The van der Waals surface area contributed by atoms with Gasteiger partial charge in [-0.3, -0.25) is 4.79 Å². The van der Waals surface area contributed by atoms with Crippen molar-refractivity contribution in [3.63, 3.8) is 0 Å². The minimum Gasteiger partial charge on any atom is -0.463 e. The number of rotatable bonds is 6. The molecule has 0 aliphatic heterocycles. The van der Waals surface area contributed by atoms with Crippen LogP contribution < -0.4 is 0 Å². The zero-order valence-corrected chi connectivity index (χ0v) is 8.43. The Labute approximate surface area is 75.3 Å². The highest BCUT2D eigenvalue weighted by Gasteiger charge is 2.06. The van der Waals surface area contributed by atoms with Crippen molar-refractivity contribution in [2.24, 2.45) is 0 Å². The van der Waals surface area contributed by atoms with Crippen molar-refractivity contribution in [2.45, 2.75) is 59.0 Å². The first-order valence-electron chi connectivity index (χ1n) is 4.90. The van der Waals surface area contributed by atoms with Crippen LogP contribution in [0.15, 0.2) is 0 Å². The average Bonchev–Trinajstić information content (AvgIpc) is 2.01. The number of ether oxygens (including phenoxy) is 1. The summed E-state index contributed by atoms with van der Waals surface area (Å²) >= 11 is 0. The van der Waals surface area contributed by atoms with E-state index in [1.54, 1.807) is 0 Å². The van der Waals surface area contributed by atoms with Crippen molar-refractivity contribution in [2.75, 3.05) is 0 Å². The zero-order chi connectivity index (χ0) is 9.40. The lowest BCUT2D eigenvalue weighted by Gasteiger charge is -2.11. The fraction of sp³-hybridized carbons (Fsp3) is 0.900. The van der Waals surface area contributed by atoms with Crippen molar-refractivity contribution in [1.29, 1.82) is 0 Å². The number of hydrogen-bond donors (Lipinski definition) is 0. The van der Waals surface area contributed by atoms with Crippen molar-refractivity contribution in [3.05, 3.63) is 0 Å². The van der Waals surface area contributed by atoms with E-state index in [1.165, 1.54) is 0 Å². The van der Waals surface area contributed by atoms with E-state index in [9.17, 15) is 4.79 Å². The monoisotopic (exact) mass is 172 g/mol. The molecule has 0 amide bonds. The first-order chi connectivity index (χ1) is 5.70. The second-order valence-corrected chi connectivity index (χ2v) is 3.19. The summed E-state index contributed by atoms with van der Waals surface area (Å²) in [5, 5.41) is 0. The molecule has 0 aliphatic rings. The van der Waals surface area contributed by atoms with Gasteiger partial charge in [0.2, 0.25) is 0 Å². The second-order valence-electron chi connectivity index (χ2n) is 3.19. The Morgan fingerprint density at radius 1 is 1.33 bits per heavy atom. The fourth-order valence-electron chi connectivity index (χ4n) is 1.07. The predicted molar refractivity (Wildman–Crippen MR) is 50.0 cm³/mol. The maximum atomic E-state index is 11.1. The molecule has 0 rings (SSSR count). The molecule has 0 bridgehead atoms. The maximum absolute atomic E-state index is 11.1. The number of carbonyl (C=O) groups is 1. The van der Waals surface area contributed by atoms with Gasteiger partial charge in [-0.2, -0.15) is 0 Å². The molecule has 0 saturated heterocycles. The highest BCUT2D eigenvalue weighted by atomic mass is 16.5. The highest BCUT2D eigenvalue weighted by molar-refractivity contribution is 5.69. The van der Waals surface area contributed by atoms with Gasteiger partial charge in [-0.1, -0.05) is 26.7 Å². The quantitative estimate of drug-likeness (QED) is 0.576. The predicted octanol–water partition coefficient (Wildman–Crippen LogP) is 2.91. The number of esters is 1. The number of hydrogen-bond acceptors (Lipinski definition) is 2. The molecule has 0 aromatic heterocycles. The Balaban J connectivity index is 3.40. The van der Waals surface area contributed by atoms with Crippen LogP contribution in [0.3, 0.4) is 0 Å². The summed E-state index contributed by atoms with van der Waals surface area (Å²) in [6, 6.07) is 0. The van der Waals surface area contributed by atoms with E-state index in [2.05, 4.69) is 13.8 Å². The van der Waals surface area contributed by atoms with Gasteiger partial charge in [-0.15, -0.1) is 0 Å². The van der Waals surface area contributed by atoms with Gasteiger partial charge in [0, 0.05) is 6.42 Å². The Bertz CT molecular complexity index is 121. The zero-order valence-electron chi connectivity index (χ0n) is 8.43. The molecule has 0 aromatic rings. The van der Waals surface area contributed by atoms with Crippen molar-refractivity contribution in [3.8, 4) is 0 Å². The van der Waals surface area contributed by atoms with E-state index in [-0.39, 0.29) is 12.1 Å².